The molecule has 3 aromatic carbocycles. The molecule has 0 heterocycles. The Morgan fingerprint density at radius 3 is 2.15 bits per heavy atom. The largest absolute Gasteiger partial charge is 0.206 e. The van der Waals surface area contributed by atoms with Gasteiger partial charge in [-0.3, -0.25) is 0 Å². The fourth-order valence-corrected chi connectivity index (χ4v) is 5.51. The van der Waals surface area contributed by atoms with Gasteiger partial charge in [-0.2, -0.15) is 0 Å². The monoisotopic (exact) mass is 452 g/mol. The molecule has 176 valence electrons. The second kappa shape index (κ2) is 10.8. The molecule has 0 aliphatic heterocycles. The fraction of sp³-hybridized carbons (Fsp3) is 0.467. The summed E-state index contributed by atoms with van der Waals surface area (Å²) in [4.78, 5) is 0. The maximum absolute atomic E-state index is 15.3. The van der Waals surface area contributed by atoms with Crippen LogP contribution in [0.4, 0.5) is 13.2 Å². The van der Waals surface area contributed by atoms with Gasteiger partial charge >= 0.3 is 0 Å². The summed E-state index contributed by atoms with van der Waals surface area (Å²) in [5.74, 6) is -1.27. The van der Waals surface area contributed by atoms with Crippen LogP contribution >= 0.6 is 0 Å². The molecule has 1 aliphatic rings. The van der Waals surface area contributed by atoms with Crippen LogP contribution < -0.4 is 0 Å². The molecule has 0 spiro atoms. The van der Waals surface area contributed by atoms with Gasteiger partial charge in [-0.05, 0) is 72.1 Å². The van der Waals surface area contributed by atoms with E-state index in [1.165, 1.54) is 56.9 Å². The summed E-state index contributed by atoms with van der Waals surface area (Å²) in [6.45, 7) is 4.16. The molecule has 0 saturated heterocycles. The van der Waals surface area contributed by atoms with Crippen molar-refractivity contribution in [1.29, 1.82) is 0 Å². The zero-order valence-corrected chi connectivity index (χ0v) is 19.9. The molecule has 1 aliphatic carbocycles. The lowest BCUT2D eigenvalue weighted by Crippen LogP contribution is -2.13. The van der Waals surface area contributed by atoms with Gasteiger partial charge in [0.25, 0.3) is 0 Å². The predicted molar refractivity (Wildman–Crippen MR) is 132 cm³/mol. The smallest absolute Gasteiger partial charge is 0.169 e. The average Bonchev–Trinajstić information content (AvgIpc) is 2.83. The number of fused-ring (bicyclic) bond motifs is 1. The summed E-state index contributed by atoms with van der Waals surface area (Å²) >= 11 is 0. The number of rotatable bonds is 8. The Bertz CT molecular complexity index is 1080. The van der Waals surface area contributed by atoms with Crippen LogP contribution in [0.1, 0.15) is 88.7 Å². The second-order valence-electron chi connectivity index (χ2n) is 9.77. The van der Waals surface area contributed by atoms with Crippen LogP contribution in [0.25, 0.3) is 21.9 Å². The number of hydrogen-bond donors (Lipinski definition) is 0. The third-order valence-electron chi connectivity index (χ3n) is 7.47. The lowest BCUT2D eigenvalue weighted by Gasteiger charge is -2.29. The Hall–Kier alpha value is -2.29. The summed E-state index contributed by atoms with van der Waals surface area (Å²) in [5.41, 5.74) is 2.62. The summed E-state index contributed by atoms with van der Waals surface area (Å²) in [6.07, 6.45) is 11.5. The number of aryl methyl sites for hydroxylation is 1. The maximum atomic E-state index is 15.3. The Balaban J connectivity index is 1.52. The normalized spacial score (nSPS) is 18.7. The van der Waals surface area contributed by atoms with E-state index in [1.807, 2.05) is 19.1 Å². The van der Waals surface area contributed by atoms with E-state index in [0.717, 1.165) is 5.92 Å². The van der Waals surface area contributed by atoms with Crippen molar-refractivity contribution >= 4 is 10.8 Å². The van der Waals surface area contributed by atoms with Crippen molar-refractivity contribution in [3.8, 4) is 11.1 Å². The van der Waals surface area contributed by atoms with Gasteiger partial charge in [0, 0.05) is 5.56 Å². The van der Waals surface area contributed by atoms with Crippen LogP contribution in [0.3, 0.4) is 0 Å². The first kappa shape index (κ1) is 23.9. The van der Waals surface area contributed by atoms with Gasteiger partial charge in [0.2, 0.25) is 0 Å². The van der Waals surface area contributed by atoms with E-state index in [-0.39, 0.29) is 5.39 Å². The van der Waals surface area contributed by atoms with Crippen molar-refractivity contribution in [1.82, 2.24) is 0 Å². The topological polar surface area (TPSA) is 0 Å². The third kappa shape index (κ3) is 5.13. The maximum Gasteiger partial charge on any atom is 0.169 e. The van der Waals surface area contributed by atoms with Crippen molar-refractivity contribution < 1.29 is 13.2 Å². The van der Waals surface area contributed by atoms with E-state index in [2.05, 4.69) is 19.1 Å². The first-order valence-corrected chi connectivity index (χ1v) is 12.7. The van der Waals surface area contributed by atoms with Crippen molar-refractivity contribution in [3.05, 3.63) is 71.0 Å². The molecule has 3 heteroatoms. The average molecular weight is 453 g/mol. The van der Waals surface area contributed by atoms with Crippen LogP contribution in [0, 0.1) is 23.4 Å². The molecule has 0 unspecified atom stereocenters. The van der Waals surface area contributed by atoms with Crippen molar-refractivity contribution in [2.75, 3.05) is 0 Å². The Morgan fingerprint density at radius 2 is 1.48 bits per heavy atom. The van der Waals surface area contributed by atoms with Gasteiger partial charge in [0.1, 0.15) is 5.82 Å². The van der Waals surface area contributed by atoms with Gasteiger partial charge in [0.05, 0.1) is 5.39 Å². The molecule has 0 bridgehead atoms. The highest BCUT2D eigenvalue weighted by Gasteiger charge is 2.23. The van der Waals surface area contributed by atoms with E-state index in [9.17, 15) is 8.78 Å². The quantitative estimate of drug-likeness (QED) is 0.298. The van der Waals surface area contributed by atoms with Crippen molar-refractivity contribution in [2.45, 2.75) is 84.0 Å². The highest BCUT2D eigenvalue weighted by atomic mass is 19.2. The van der Waals surface area contributed by atoms with E-state index in [1.54, 1.807) is 18.2 Å². The highest BCUT2D eigenvalue weighted by Crippen LogP contribution is 2.39. The molecule has 0 amide bonds. The Kier molecular flexibility index (Phi) is 7.78. The molecular weight excluding hydrogens is 417 g/mol. The van der Waals surface area contributed by atoms with E-state index >= 15 is 4.39 Å². The van der Waals surface area contributed by atoms with Crippen LogP contribution in [0.2, 0.25) is 0 Å². The summed E-state index contributed by atoms with van der Waals surface area (Å²) in [7, 11) is 0. The molecule has 1 saturated carbocycles. The van der Waals surface area contributed by atoms with Gasteiger partial charge in [-0.1, -0.05) is 82.3 Å². The third-order valence-corrected chi connectivity index (χ3v) is 7.47. The minimum Gasteiger partial charge on any atom is -0.206 e. The molecular formula is C30H35F3. The lowest BCUT2D eigenvalue weighted by molar-refractivity contribution is 0.303. The molecule has 1 fully saturated rings. The lowest BCUT2D eigenvalue weighted by atomic mass is 9.77. The molecule has 0 N–H and O–H groups in total. The van der Waals surface area contributed by atoms with E-state index in [4.69, 9.17) is 0 Å². The SMILES string of the molecule is CCCCCC1CCC(c2ccc(-c3ccc4cc(CCC)c(F)c(F)c4c3F)cc2)CC1. The number of hydrogen-bond acceptors (Lipinski definition) is 0. The van der Waals surface area contributed by atoms with Gasteiger partial charge in [0.15, 0.2) is 11.6 Å². The standard InChI is InChI=1S/C30H35F3/c1-3-5-6-8-20-9-11-21(12-10-20)22-13-15-23(16-14-22)26-18-17-24-19-25(7-4-2)28(31)30(33)27(24)29(26)32/h13-21H,3-12H2,1-2H3. The highest BCUT2D eigenvalue weighted by molar-refractivity contribution is 5.89. The molecule has 4 rings (SSSR count). The zero-order chi connectivity index (χ0) is 23.4. The molecule has 33 heavy (non-hydrogen) atoms. The number of halogens is 3. The van der Waals surface area contributed by atoms with Crippen LogP contribution in [-0.4, -0.2) is 0 Å². The summed E-state index contributed by atoms with van der Waals surface area (Å²) in [5, 5.41) is 0.154. The van der Waals surface area contributed by atoms with Gasteiger partial charge < -0.3 is 0 Å². The number of benzene rings is 3. The summed E-state index contributed by atoms with van der Waals surface area (Å²) in [6, 6.07) is 13.0. The second-order valence-corrected chi connectivity index (χ2v) is 9.77. The summed E-state index contributed by atoms with van der Waals surface area (Å²) < 4.78 is 44.6. The van der Waals surface area contributed by atoms with Gasteiger partial charge in [-0.25, -0.2) is 13.2 Å². The Labute approximate surface area is 196 Å². The molecule has 0 aromatic heterocycles. The first-order chi connectivity index (χ1) is 16.0. The molecule has 0 atom stereocenters. The molecule has 0 radical (unpaired) electrons. The van der Waals surface area contributed by atoms with Crippen LogP contribution in [0.5, 0.6) is 0 Å². The van der Waals surface area contributed by atoms with Crippen molar-refractivity contribution in [2.24, 2.45) is 5.92 Å². The minimum absolute atomic E-state index is 0.254. The van der Waals surface area contributed by atoms with E-state index < -0.39 is 17.5 Å². The predicted octanol–water partition coefficient (Wildman–Crippen LogP) is 9.73. The van der Waals surface area contributed by atoms with Gasteiger partial charge in [-0.15, -0.1) is 0 Å². The Morgan fingerprint density at radius 1 is 0.758 bits per heavy atom. The molecule has 3 aromatic rings. The number of unbranched alkanes of at least 4 members (excludes halogenated alkanes) is 2. The van der Waals surface area contributed by atoms with Crippen LogP contribution in [0.15, 0.2) is 42.5 Å². The van der Waals surface area contributed by atoms with Crippen molar-refractivity contribution in [3.63, 3.8) is 0 Å². The zero-order valence-electron chi connectivity index (χ0n) is 19.9. The fourth-order valence-electron chi connectivity index (χ4n) is 5.51. The van der Waals surface area contributed by atoms with Crippen LogP contribution in [-0.2, 0) is 6.42 Å². The molecule has 0 nitrogen and oxygen atoms in total. The van der Waals surface area contributed by atoms with E-state index in [0.29, 0.717) is 40.8 Å². The first-order valence-electron chi connectivity index (χ1n) is 12.7. The minimum atomic E-state index is -1.08.